The quantitative estimate of drug-likeness (QED) is 0.534. The van der Waals surface area contributed by atoms with Crippen LogP contribution in [0, 0.1) is 5.82 Å². The summed E-state index contributed by atoms with van der Waals surface area (Å²) >= 11 is 6.24. The lowest BCUT2D eigenvalue weighted by Gasteiger charge is -2.12. The lowest BCUT2D eigenvalue weighted by atomic mass is 10.3. The zero-order chi connectivity index (χ0) is 16.9. The number of carbonyl (C=O) groups is 1. The van der Waals surface area contributed by atoms with Crippen LogP contribution in [0.15, 0.2) is 24.3 Å². The Bertz CT molecular complexity index is 697. The number of hydrazine groups is 1. The minimum absolute atomic E-state index is 0.0470. The highest BCUT2D eigenvalue weighted by molar-refractivity contribution is 8.02. The summed E-state index contributed by atoms with van der Waals surface area (Å²) in [5.74, 6) is -0.375. The van der Waals surface area contributed by atoms with Gasteiger partial charge in [0.2, 0.25) is 5.91 Å². The molecule has 0 spiro atoms. The molecule has 3 N–H and O–H groups in total. The van der Waals surface area contributed by atoms with Gasteiger partial charge in [-0.15, -0.1) is 11.8 Å². The number of hydrogen-bond acceptors (Lipinski definition) is 5. The van der Waals surface area contributed by atoms with Crippen molar-refractivity contribution in [3.63, 3.8) is 0 Å². The van der Waals surface area contributed by atoms with E-state index in [1.54, 1.807) is 12.1 Å². The van der Waals surface area contributed by atoms with Gasteiger partial charge in [0.1, 0.15) is 5.82 Å². The molecule has 0 aromatic heterocycles. The molecule has 23 heavy (non-hydrogen) atoms. The third-order valence-electron chi connectivity index (χ3n) is 3.08. The van der Waals surface area contributed by atoms with Crippen molar-refractivity contribution in [3.8, 4) is 0 Å². The van der Waals surface area contributed by atoms with Gasteiger partial charge < -0.3 is 5.32 Å². The number of benzene rings is 1. The third-order valence-corrected chi connectivity index (χ3v) is 6.56. The summed E-state index contributed by atoms with van der Waals surface area (Å²) < 4.78 is 36.1. The van der Waals surface area contributed by atoms with Gasteiger partial charge in [0.15, 0.2) is 14.9 Å². The SMILES string of the molecule is O=C(CS[C@H]1CCS(=O)(=O)C1)NNC(=S)Nc1ccccc1F. The fourth-order valence-corrected chi connectivity index (χ4v) is 5.57. The average molecular weight is 377 g/mol. The molecule has 0 bridgehead atoms. The predicted molar refractivity (Wildman–Crippen MR) is 93.4 cm³/mol. The zero-order valence-electron chi connectivity index (χ0n) is 12.0. The molecule has 1 atom stereocenters. The molecular weight excluding hydrogens is 361 g/mol. The summed E-state index contributed by atoms with van der Waals surface area (Å²) in [6.45, 7) is 0. The van der Waals surface area contributed by atoms with Gasteiger partial charge in [0.25, 0.3) is 0 Å². The molecular formula is C13H16FN3O3S3. The number of anilines is 1. The van der Waals surface area contributed by atoms with Crippen LogP contribution >= 0.6 is 24.0 Å². The molecule has 2 rings (SSSR count). The second-order valence-corrected chi connectivity index (χ2v) is 8.87. The monoisotopic (exact) mass is 377 g/mol. The average Bonchev–Trinajstić information content (AvgIpc) is 2.85. The number of carbonyl (C=O) groups excluding carboxylic acids is 1. The number of para-hydroxylation sites is 1. The molecule has 1 aliphatic rings. The molecule has 1 aromatic carbocycles. The van der Waals surface area contributed by atoms with Crippen molar-refractivity contribution >= 4 is 50.5 Å². The standard InChI is InChI=1S/C13H16FN3O3S3/c14-10-3-1-2-4-11(10)15-13(21)17-16-12(18)7-22-9-5-6-23(19,20)8-9/h1-4,9H,5-8H2,(H,16,18)(H2,15,17,21)/t9-/m0/s1. The number of sulfone groups is 1. The van der Waals surface area contributed by atoms with Gasteiger partial charge in [0.05, 0.1) is 22.9 Å². The molecule has 1 heterocycles. The van der Waals surface area contributed by atoms with Crippen molar-refractivity contribution in [2.24, 2.45) is 0 Å². The Balaban J connectivity index is 1.68. The summed E-state index contributed by atoms with van der Waals surface area (Å²) in [5, 5.41) is 2.62. The van der Waals surface area contributed by atoms with Crippen LogP contribution in [-0.4, -0.2) is 41.9 Å². The predicted octanol–water partition coefficient (Wildman–Crippen LogP) is 1.06. The molecule has 0 radical (unpaired) electrons. The van der Waals surface area contributed by atoms with Gasteiger partial charge in [-0.2, -0.15) is 0 Å². The van der Waals surface area contributed by atoms with E-state index < -0.39 is 15.7 Å². The fourth-order valence-electron chi connectivity index (χ4n) is 1.96. The Morgan fingerprint density at radius 1 is 1.35 bits per heavy atom. The number of rotatable bonds is 4. The van der Waals surface area contributed by atoms with Crippen molar-refractivity contribution in [2.75, 3.05) is 22.6 Å². The largest absolute Gasteiger partial charge is 0.329 e. The second kappa shape index (κ2) is 7.93. The number of hydrogen-bond donors (Lipinski definition) is 3. The molecule has 1 aliphatic heterocycles. The van der Waals surface area contributed by atoms with E-state index in [1.165, 1.54) is 23.9 Å². The van der Waals surface area contributed by atoms with E-state index in [4.69, 9.17) is 12.2 Å². The summed E-state index contributed by atoms with van der Waals surface area (Å²) in [7, 11) is -2.94. The first-order valence-corrected chi connectivity index (χ1v) is 10.1. The van der Waals surface area contributed by atoms with Crippen LogP contribution in [0.5, 0.6) is 0 Å². The Morgan fingerprint density at radius 2 is 2.09 bits per heavy atom. The third kappa shape index (κ3) is 5.96. The van der Waals surface area contributed by atoms with Gasteiger partial charge in [-0.25, -0.2) is 12.8 Å². The lowest BCUT2D eigenvalue weighted by molar-refractivity contribution is -0.119. The van der Waals surface area contributed by atoms with Gasteiger partial charge in [-0.1, -0.05) is 12.1 Å². The number of thiocarbonyl (C=S) groups is 1. The maximum absolute atomic E-state index is 13.4. The van der Waals surface area contributed by atoms with Gasteiger partial charge in [-0.05, 0) is 30.8 Å². The summed E-state index contributed by atoms with van der Waals surface area (Å²) in [5.41, 5.74) is 5.05. The highest BCUT2D eigenvalue weighted by Crippen LogP contribution is 2.23. The first-order valence-electron chi connectivity index (χ1n) is 6.78. The molecule has 0 saturated carbocycles. The Labute approximate surface area is 143 Å². The van der Waals surface area contributed by atoms with Crippen molar-refractivity contribution in [1.82, 2.24) is 10.9 Å². The smallest absolute Gasteiger partial charge is 0.248 e. The molecule has 1 saturated heterocycles. The van der Waals surface area contributed by atoms with Crippen LogP contribution in [0.1, 0.15) is 6.42 Å². The lowest BCUT2D eigenvalue weighted by Crippen LogP contribution is -2.44. The highest BCUT2D eigenvalue weighted by atomic mass is 32.2. The topological polar surface area (TPSA) is 87.3 Å². The van der Waals surface area contributed by atoms with Crippen LogP contribution in [0.3, 0.4) is 0 Å². The maximum Gasteiger partial charge on any atom is 0.248 e. The first-order chi connectivity index (χ1) is 10.9. The van der Waals surface area contributed by atoms with Gasteiger partial charge in [-0.3, -0.25) is 15.6 Å². The molecule has 10 heteroatoms. The zero-order valence-corrected chi connectivity index (χ0v) is 14.5. The molecule has 6 nitrogen and oxygen atoms in total. The van der Waals surface area contributed by atoms with Crippen LogP contribution in [0.4, 0.5) is 10.1 Å². The molecule has 126 valence electrons. The molecule has 1 fully saturated rings. The molecule has 0 unspecified atom stereocenters. The van der Waals surface area contributed by atoms with E-state index in [2.05, 4.69) is 16.2 Å². The van der Waals surface area contributed by atoms with Crippen molar-refractivity contribution in [1.29, 1.82) is 0 Å². The number of amides is 1. The van der Waals surface area contributed by atoms with E-state index in [-0.39, 0.29) is 39.2 Å². The highest BCUT2D eigenvalue weighted by Gasteiger charge is 2.28. The summed E-state index contributed by atoms with van der Waals surface area (Å²) in [6.07, 6.45) is 0.570. The van der Waals surface area contributed by atoms with Crippen molar-refractivity contribution in [3.05, 3.63) is 30.1 Å². The molecule has 1 aromatic rings. The van der Waals surface area contributed by atoms with E-state index in [1.807, 2.05) is 0 Å². The molecule has 1 amide bonds. The van der Waals surface area contributed by atoms with E-state index >= 15 is 0 Å². The van der Waals surface area contributed by atoms with Crippen molar-refractivity contribution < 1.29 is 17.6 Å². The van der Waals surface area contributed by atoms with E-state index in [0.717, 1.165) is 0 Å². The van der Waals surface area contributed by atoms with Gasteiger partial charge in [0, 0.05) is 5.25 Å². The second-order valence-electron chi connectivity index (χ2n) is 4.94. The van der Waals surface area contributed by atoms with Crippen LogP contribution < -0.4 is 16.2 Å². The number of halogens is 1. The Hall–Kier alpha value is -1.39. The first kappa shape index (κ1) is 18.0. The minimum Gasteiger partial charge on any atom is -0.329 e. The summed E-state index contributed by atoms with van der Waals surface area (Å²) in [6, 6.07) is 6.01. The van der Waals surface area contributed by atoms with Gasteiger partial charge >= 0.3 is 0 Å². The number of nitrogens with one attached hydrogen (secondary N) is 3. The van der Waals surface area contributed by atoms with E-state index in [0.29, 0.717) is 6.42 Å². The van der Waals surface area contributed by atoms with Crippen LogP contribution in [0.2, 0.25) is 0 Å². The normalized spacial score (nSPS) is 19.1. The Kier molecular flexibility index (Phi) is 6.19. The minimum atomic E-state index is -2.94. The van der Waals surface area contributed by atoms with Crippen LogP contribution in [-0.2, 0) is 14.6 Å². The maximum atomic E-state index is 13.4. The molecule has 0 aliphatic carbocycles. The fraction of sp³-hybridized carbons (Fsp3) is 0.385. The van der Waals surface area contributed by atoms with Crippen LogP contribution in [0.25, 0.3) is 0 Å². The summed E-state index contributed by atoms with van der Waals surface area (Å²) in [4.78, 5) is 11.7. The Morgan fingerprint density at radius 3 is 2.74 bits per heavy atom. The van der Waals surface area contributed by atoms with Crippen molar-refractivity contribution in [2.45, 2.75) is 11.7 Å². The van der Waals surface area contributed by atoms with E-state index in [9.17, 15) is 17.6 Å². The number of thioether (sulfide) groups is 1.